The van der Waals surface area contributed by atoms with Crippen LogP contribution in [0.15, 0.2) is 52.3 Å². The molecule has 0 heterocycles. The molecule has 0 aliphatic heterocycles. The molecule has 0 spiro atoms. The first-order valence-electron chi connectivity index (χ1n) is 5.76. The fourth-order valence-corrected chi connectivity index (χ4v) is 2.55. The summed E-state index contributed by atoms with van der Waals surface area (Å²) in [7, 11) is 0. The predicted octanol–water partition coefficient (Wildman–Crippen LogP) is 4.14. The van der Waals surface area contributed by atoms with Crippen molar-refractivity contribution in [1.29, 1.82) is 0 Å². The Labute approximate surface area is 122 Å². The number of carboxylic acids is 1. The van der Waals surface area contributed by atoms with Gasteiger partial charge in [-0.05, 0) is 36.4 Å². The van der Waals surface area contributed by atoms with E-state index in [9.17, 15) is 18.0 Å². The number of rotatable bonds is 3. The number of hydrogen-bond acceptors (Lipinski definition) is 3. The summed E-state index contributed by atoms with van der Waals surface area (Å²) in [6.07, 6.45) is -4.38. The van der Waals surface area contributed by atoms with Crippen LogP contribution in [0.2, 0.25) is 0 Å². The van der Waals surface area contributed by atoms with Gasteiger partial charge in [0.2, 0.25) is 0 Å². The van der Waals surface area contributed by atoms with Crippen molar-refractivity contribution in [2.45, 2.75) is 16.0 Å². The molecule has 3 N–H and O–H groups in total. The van der Waals surface area contributed by atoms with Gasteiger partial charge in [-0.3, -0.25) is 0 Å². The molecule has 0 saturated carbocycles. The summed E-state index contributed by atoms with van der Waals surface area (Å²) in [5.74, 6) is -1.15. The number of halogens is 3. The van der Waals surface area contributed by atoms with E-state index in [0.717, 1.165) is 23.9 Å². The molecular weight excluding hydrogens is 303 g/mol. The molecule has 0 saturated heterocycles. The standard InChI is InChI=1S/C14H10F3NO2S/c15-14(16,17)8-4-6-9(7-5-8)21-11-3-1-2-10(12(11)18)13(19)20/h1-7H,18H2,(H,19,20). The van der Waals surface area contributed by atoms with Gasteiger partial charge in [0.25, 0.3) is 0 Å². The van der Waals surface area contributed by atoms with Crippen LogP contribution in [0.1, 0.15) is 15.9 Å². The van der Waals surface area contributed by atoms with Crippen molar-refractivity contribution in [1.82, 2.24) is 0 Å². The molecule has 0 radical (unpaired) electrons. The van der Waals surface area contributed by atoms with E-state index in [-0.39, 0.29) is 11.3 Å². The number of carbonyl (C=O) groups is 1. The van der Waals surface area contributed by atoms with E-state index in [1.807, 2.05) is 0 Å². The Kier molecular flexibility index (Phi) is 4.13. The first-order chi connectivity index (χ1) is 9.79. The van der Waals surface area contributed by atoms with Gasteiger partial charge in [-0.25, -0.2) is 4.79 Å². The summed E-state index contributed by atoms with van der Waals surface area (Å²) in [5, 5.41) is 8.97. The quantitative estimate of drug-likeness (QED) is 0.836. The maximum atomic E-state index is 12.5. The maximum absolute atomic E-state index is 12.5. The lowest BCUT2D eigenvalue weighted by molar-refractivity contribution is -0.137. The highest BCUT2D eigenvalue weighted by atomic mass is 32.2. The number of nitrogen functional groups attached to an aromatic ring is 1. The lowest BCUT2D eigenvalue weighted by Crippen LogP contribution is -2.04. The zero-order valence-electron chi connectivity index (χ0n) is 10.5. The Morgan fingerprint density at radius 3 is 2.24 bits per heavy atom. The molecule has 7 heteroatoms. The van der Waals surface area contributed by atoms with Crippen molar-refractivity contribution in [2.75, 3.05) is 5.73 Å². The monoisotopic (exact) mass is 313 g/mol. The Hall–Kier alpha value is -2.15. The fourth-order valence-electron chi connectivity index (χ4n) is 1.66. The first kappa shape index (κ1) is 15.2. The van der Waals surface area contributed by atoms with Gasteiger partial charge in [0.1, 0.15) is 0 Å². The number of alkyl halides is 3. The molecule has 0 aliphatic rings. The molecule has 0 aliphatic carbocycles. The van der Waals surface area contributed by atoms with E-state index < -0.39 is 17.7 Å². The molecule has 2 aromatic carbocycles. The second-order valence-corrected chi connectivity index (χ2v) is 5.26. The Morgan fingerprint density at radius 1 is 1.10 bits per heavy atom. The summed E-state index contributed by atoms with van der Waals surface area (Å²) in [6, 6.07) is 9.10. The SMILES string of the molecule is Nc1c(Sc2ccc(C(F)(F)F)cc2)cccc1C(=O)O. The molecule has 0 fully saturated rings. The van der Waals surface area contributed by atoms with Gasteiger partial charge in [-0.2, -0.15) is 13.2 Å². The minimum absolute atomic E-state index is 0.0353. The molecule has 0 unspecified atom stereocenters. The highest BCUT2D eigenvalue weighted by Gasteiger charge is 2.29. The zero-order valence-corrected chi connectivity index (χ0v) is 11.3. The Morgan fingerprint density at radius 2 is 1.71 bits per heavy atom. The van der Waals surface area contributed by atoms with Gasteiger partial charge in [-0.1, -0.05) is 17.8 Å². The van der Waals surface area contributed by atoms with Crippen LogP contribution in [0.4, 0.5) is 18.9 Å². The van der Waals surface area contributed by atoms with Gasteiger partial charge in [0, 0.05) is 9.79 Å². The van der Waals surface area contributed by atoms with Crippen molar-refractivity contribution in [2.24, 2.45) is 0 Å². The third kappa shape index (κ3) is 3.49. The van der Waals surface area contributed by atoms with Crippen LogP contribution in [-0.2, 0) is 6.18 Å². The van der Waals surface area contributed by atoms with Crippen LogP contribution >= 0.6 is 11.8 Å². The van der Waals surface area contributed by atoms with Crippen molar-refractivity contribution >= 4 is 23.4 Å². The number of carboxylic acid groups (broad SMARTS) is 1. The van der Waals surface area contributed by atoms with Crippen LogP contribution < -0.4 is 5.73 Å². The highest BCUT2D eigenvalue weighted by Crippen LogP contribution is 2.36. The van der Waals surface area contributed by atoms with Gasteiger partial charge in [0.15, 0.2) is 0 Å². The lowest BCUT2D eigenvalue weighted by Gasteiger charge is -2.09. The molecule has 0 aromatic heterocycles. The van der Waals surface area contributed by atoms with E-state index in [1.165, 1.54) is 24.3 Å². The normalized spacial score (nSPS) is 11.4. The number of hydrogen-bond donors (Lipinski definition) is 2. The summed E-state index contributed by atoms with van der Waals surface area (Å²) < 4.78 is 37.4. The van der Waals surface area contributed by atoms with Crippen LogP contribution in [0.3, 0.4) is 0 Å². The van der Waals surface area contributed by atoms with Gasteiger partial charge >= 0.3 is 12.1 Å². The largest absolute Gasteiger partial charge is 0.478 e. The summed E-state index contributed by atoms with van der Waals surface area (Å²) in [4.78, 5) is 12.0. The molecule has 2 rings (SSSR count). The average molecular weight is 313 g/mol. The number of nitrogens with two attached hydrogens (primary N) is 1. The van der Waals surface area contributed by atoms with Crippen molar-refractivity contribution in [3.63, 3.8) is 0 Å². The van der Waals surface area contributed by atoms with Crippen LogP contribution in [0.25, 0.3) is 0 Å². The molecular formula is C14H10F3NO2S. The second-order valence-electron chi connectivity index (χ2n) is 4.15. The molecule has 110 valence electrons. The molecule has 3 nitrogen and oxygen atoms in total. The third-order valence-electron chi connectivity index (χ3n) is 2.71. The number of anilines is 1. The van der Waals surface area contributed by atoms with Crippen LogP contribution in [-0.4, -0.2) is 11.1 Å². The molecule has 21 heavy (non-hydrogen) atoms. The highest BCUT2D eigenvalue weighted by molar-refractivity contribution is 7.99. The fraction of sp³-hybridized carbons (Fsp3) is 0.0714. The second kappa shape index (κ2) is 5.69. The smallest absolute Gasteiger partial charge is 0.416 e. The van der Waals surface area contributed by atoms with Gasteiger partial charge in [-0.15, -0.1) is 0 Å². The maximum Gasteiger partial charge on any atom is 0.416 e. The topological polar surface area (TPSA) is 63.3 Å². The van der Waals surface area contributed by atoms with Gasteiger partial charge in [0.05, 0.1) is 16.8 Å². The van der Waals surface area contributed by atoms with E-state index >= 15 is 0 Å². The predicted molar refractivity (Wildman–Crippen MR) is 73.4 cm³/mol. The Balaban J connectivity index is 2.27. The van der Waals surface area contributed by atoms with E-state index in [4.69, 9.17) is 10.8 Å². The minimum Gasteiger partial charge on any atom is -0.478 e. The minimum atomic E-state index is -4.38. The zero-order chi connectivity index (χ0) is 15.6. The van der Waals surface area contributed by atoms with Crippen molar-refractivity contribution in [3.8, 4) is 0 Å². The third-order valence-corrected chi connectivity index (χ3v) is 3.79. The first-order valence-corrected chi connectivity index (χ1v) is 6.57. The lowest BCUT2D eigenvalue weighted by atomic mass is 10.2. The number of benzene rings is 2. The van der Waals surface area contributed by atoms with Gasteiger partial charge < -0.3 is 10.8 Å². The molecule has 0 bridgehead atoms. The molecule has 0 amide bonds. The van der Waals surface area contributed by atoms with E-state index in [0.29, 0.717) is 9.79 Å². The van der Waals surface area contributed by atoms with Crippen molar-refractivity contribution < 1.29 is 23.1 Å². The summed E-state index contributed by atoms with van der Waals surface area (Å²) >= 11 is 1.11. The number of para-hydroxylation sites is 1. The van der Waals surface area contributed by atoms with E-state index in [2.05, 4.69) is 0 Å². The summed E-state index contributed by atoms with van der Waals surface area (Å²) in [6.45, 7) is 0. The van der Waals surface area contributed by atoms with Crippen LogP contribution in [0, 0.1) is 0 Å². The number of aromatic carboxylic acids is 1. The van der Waals surface area contributed by atoms with Crippen LogP contribution in [0.5, 0.6) is 0 Å². The molecule has 0 atom stereocenters. The Bertz CT molecular complexity index is 669. The average Bonchev–Trinajstić information content (AvgIpc) is 2.40. The summed E-state index contributed by atoms with van der Waals surface area (Å²) in [5.41, 5.74) is 5.07. The van der Waals surface area contributed by atoms with Crippen molar-refractivity contribution in [3.05, 3.63) is 53.6 Å². The van der Waals surface area contributed by atoms with E-state index in [1.54, 1.807) is 6.07 Å². The molecule has 2 aromatic rings.